The summed E-state index contributed by atoms with van der Waals surface area (Å²) in [6.07, 6.45) is -2.62. The highest BCUT2D eigenvalue weighted by Gasteiger charge is 2.31. The second-order valence-corrected chi connectivity index (χ2v) is 5.58. The molecule has 0 aliphatic heterocycles. The largest absolute Gasteiger partial charge is 0.573 e. The molecule has 0 unspecified atom stereocenters. The van der Waals surface area contributed by atoms with Crippen LogP contribution in [0.1, 0.15) is 19.8 Å². The molecular formula is C19H17F3O2. The average molecular weight is 334 g/mol. The van der Waals surface area contributed by atoms with E-state index < -0.39 is 6.36 Å². The summed E-state index contributed by atoms with van der Waals surface area (Å²) in [6.45, 7) is 2.78. The van der Waals surface area contributed by atoms with Gasteiger partial charge in [-0.1, -0.05) is 37.6 Å². The topological polar surface area (TPSA) is 18.5 Å². The van der Waals surface area contributed by atoms with Crippen LogP contribution in [0.25, 0.3) is 21.5 Å². The molecule has 3 rings (SSSR count). The number of hydrogen-bond acceptors (Lipinski definition) is 2. The van der Waals surface area contributed by atoms with Gasteiger partial charge in [-0.15, -0.1) is 13.2 Å². The fourth-order valence-electron chi connectivity index (χ4n) is 2.65. The summed E-state index contributed by atoms with van der Waals surface area (Å²) in [6, 6.07) is 13.8. The van der Waals surface area contributed by atoms with Crippen LogP contribution < -0.4 is 9.47 Å². The number of alkyl halides is 3. The Balaban J connectivity index is 1.95. The molecule has 3 aromatic rings. The maximum Gasteiger partial charge on any atom is 0.573 e. The zero-order valence-corrected chi connectivity index (χ0v) is 13.2. The van der Waals surface area contributed by atoms with Gasteiger partial charge in [0.25, 0.3) is 0 Å². The van der Waals surface area contributed by atoms with Crippen molar-refractivity contribution in [2.75, 3.05) is 6.61 Å². The quantitative estimate of drug-likeness (QED) is 0.416. The summed E-state index contributed by atoms with van der Waals surface area (Å²) < 4.78 is 46.7. The van der Waals surface area contributed by atoms with Crippen molar-refractivity contribution in [1.82, 2.24) is 0 Å². The van der Waals surface area contributed by atoms with Crippen LogP contribution in [0.3, 0.4) is 0 Å². The first kappa shape index (κ1) is 16.4. The average Bonchev–Trinajstić information content (AvgIpc) is 2.53. The van der Waals surface area contributed by atoms with Crippen LogP contribution in [-0.2, 0) is 0 Å². The summed E-state index contributed by atoms with van der Waals surface area (Å²) in [5, 5.41) is 3.53. The first-order chi connectivity index (χ1) is 11.5. The first-order valence-corrected chi connectivity index (χ1v) is 7.81. The molecule has 0 fully saturated rings. The van der Waals surface area contributed by atoms with Crippen molar-refractivity contribution in [3.05, 3.63) is 48.5 Å². The van der Waals surface area contributed by atoms with Gasteiger partial charge in [0.2, 0.25) is 0 Å². The van der Waals surface area contributed by atoms with Crippen LogP contribution >= 0.6 is 0 Å². The van der Waals surface area contributed by atoms with Gasteiger partial charge < -0.3 is 9.47 Å². The summed E-state index contributed by atoms with van der Waals surface area (Å²) in [5.74, 6) is 0.584. The monoisotopic (exact) mass is 334 g/mol. The minimum absolute atomic E-state index is 0.214. The first-order valence-electron chi connectivity index (χ1n) is 7.81. The van der Waals surface area contributed by atoms with Gasteiger partial charge in [-0.3, -0.25) is 0 Å². The van der Waals surface area contributed by atoms with Gasteiger partial charge in [-0.25, -0.2) is 0 Å². The van der Waals surface area contributed by atoms with Crippen molar-refractivity contribution < 1.29 is 22.6 Å². The molecule has 0 N–H and O–H groups in total. The molecular weight excluding hydrogens is 317 g/mol. The highest BCUT2D eigenvalue weighted by atomic mass is 19.4. The lowest BCUT2D eigenvalue weighted by molar-refractivity contribution is -0.274. The van der Waals surface area contributed by atoms with Gasteiger partial charge in [-0.2, -0.15) is 0 Å². The van der Waals surface area contributed by atoms with Crippen LogP contribution in [0.5, 0.6) is 11.5 Å². The fraction of sp³-hybridized carbons (Fsp3) is 0.263. The van der Waals surface area contributed by atoms with Crippen molar-refractivity contribution in [2.24, 2.45) is 0 Å². The zero-order valence-electron chi connectivity index (χ0n) is 13.2. The van der Waals surface area contributed by atoms with Crippen molar-refractivity contribution in [1.29, 1.82) is 0 Å². The van der Waals surface area contributed by atoms with E-state index in [-0.39, 0.29) is 5.75 Å². The Bertz CT molecular complexity index is 856. The van der Waals surface area contributed by atoms with E-state index >= 15 is 0 Å². The van der Waals surface area contributed by atoms with Crippen LogP contribution in [0.2, 0.25) is 0 Å². The molecule has 0 saturated heterocycles. The van der Waals surface area contributed by atoms with Crippen LogP contribution in [0.4, 0.5) is 13.2 Å². The number of rotatable bonds is 5. The lowest BCUT2D eigenvalue weighted by atomic mass is 10.0. The third kappa shape index (κ3) is 3.72. The van der Waals surface area contributed by atoms with Gasteiger partial charge in [0.15, 0.2) is 0 Å². The standard InChI is InChI=1S/C19H17F3O2/c1-2-3-10-23-15-6-8-17-13(11-15)4-5-14-12-16(7-9-18(14)17)24-19(20,21)22/h4-9,11-12H,2-3,10H2,1H3. The summed E-state index contributed by atoms with van der Waals surface area (Å²) in [7, 11) is 0. The molecule has 24 heavy (non-hydrogen) atoms. The number of halogens is 3. The maximum atomic E-state index is 12.3. The molecule has 0 spiro atoms. The minimum atomic E-state index is -4.69. The molecule has 0 saturated carbocycles. The van der Waals surface area contributed by atoms with E-state index in [0.29, 0.717) is 12.0 Å². The second-order valence-electron chi connectivity index (χ2n) is 5.58. The summed E-state index contributed by atoms with van der Waals surface area (Å²) in [5.41, 5.74) is 0. The van der Waals surface area contributed by atoms with E-state index in [9.17, 15) is 13.2 Å². The molecule has 0 bridgehead atoms. The van der Waals surface area contributed by atoms with Crippen molar-refractivity contribution in [3.8, 4) is 11.5 Å². The van der Waals surface area contributed by atoms with E-state index in [0.717, 1.165) is 34.7 Å². The van der Waals surface area contributed by atoms with Gasteiger partial charge in [-0.05, 0) is 52.2 Å². The number of hydrogen-bond donors (Lipinski definition) is 0. The van der Waals surface area contributed by atoms with Gasteiger partial charge in [0.1, 0.15) is 11.5 Å². The molecule has 0 aromatic heterocycles. The molecule has 0 heterocycles. The number of unbranched alkanes of at least 4 members (excludes halogenated alkanes) is 1. The highest BCUT2D eigenvalue weighted by molar-refractivity contribution is 6.08. The van der Waals surface area contributed by atoms with E-state index in [4.69, 9.17) is 4.74 Å². The zero-order chi connectivity index (χ0) is 17.2. The van der Waals surface area contributed by atoms with Crippen molar-refractivity contribution in [2.45, 2.75) is 26.1 Å². The molecule has 3 aromatic carbocycles. The smallest absolute Gasteiger partial charge is 0.494 e. The highest BCUT2D eigenvalue weighted by Crippen LogP contribution is 2.32. The van der Waals surface area contributed by atoms with Crippen LogP contribution in [0.15, 0.2) is 48.5 Å². The molecule has 126 valence electrons. The SMILES string of the molecule is CCCCOc1ccc2c(ccc3cc(OC(F)(F)F)ccc32)c1. The second kappa shape index (κ2) is 6.59. The van der Waals surface area contributed by atoms with E-state index in [1.807, 2.05) is 24.3 Å². The Morgan fingerprint density at radius 1 is 0.833 bits per heavy atom. The summed E-state index contributed by atoms with van der Waals surface area (Å²) in [4.78, 5) is 0. The predicted molar refractivity (Wildman–Crippen MR) is 88.5 cm³/mol. The Morgan fingerprint density at radius 2 is 1.42 bits per heavy atom. The molecule has 0 aliphatic carbocycles. The lowest BCUT2D eigenvalue weighted by Crippen LogP contribution is -2.16. The Labute approximate surface area is 137 Å². The van der Waals surface area contributed by atoms with E-state index in [1.165, 1.54) is 12.1 Å². The number of fused-ring (bicyclic) bond motifs is 3. The Morgan fingerprint density at radius 3 is 2.00 bits per heavy atom. The number of benzene rings is 3. The third-order valence-corrected chi connectivity index (χ3v) is 3.78. The lowest BCUT2D eigenvalue weighted by Gasteiger charge is -2.11. The Kier molecular flexibility index (Phi) is 4.51. The van der Waals surface area contributed by atoms with Gasteiger partial charge in [0.05, 0.1) is 6.61 Å². The molecule has 0 atom stereocenters. The number of ether oxygens (including phenoxy) is 2. The van der Waals surface area contributed by atoms with Gasteiger partial charge in [0, 0.05) is 0 Å². The molecule has 0 radical (unpaired) electrons. The minimum Gasteiger partial charge on any atom is -0.494 e. The maximum absolute atomic E-state index is 12.3. The van der Waals surface area contributed by atoms with Crippen LogP contribution in [-0.4, -0.2) is 13.0 Å². The molecule has 5 heteroatoms. The fourth-order valence-corrected chi connectivity index (χ4v) is 2.65. The van der Waals surface area contributed by atoms with Crippen molar-refractivity contribution >= 4 is 21.5 Å². The van der Waals surface area contributed by atoms with Crippen LogP contribution in [0, 0.1) is 0 Å². The predicted octanol–water partition coefficient (Wildman–Crippen LogP) is 6.07. The summed E-state index contributed by atoms with van der Waals surface area (Å²) >= 11 is 0. The normalized spacial score (nSPS) is 11.8. The van der Waals surface area contributed by atoms with Gasteiger partial charge >= 0.3 is 6.36 Å². The van der Waals surface area contributed by atoms with E-state index in [2.05, 4.69) is 11.7 Å². The third-order valence-electron chi connectivity index (χ3n) is 3.78. The molecule has 0 aliphatic rings. The molecule has 2 nitrogen and oxygen atoms in total. The molecule has 0 amide bonds. The van der Waals surface area contributed by atoms with Crippen molar-refractivity contribution in [3.63, 3.8) is 0 Å². The van der Waals surface area contributed by atoms with E-state index in [1.54, 1.807) is 12.1 Å². The Hall–Kier alpha value is -2.43.